The van der Waals surface area contributed by atoms with Crippen molar-refractivity contribution < 1.29 is 14.6 Å². The van der Waals surface area contributed by atoms with Crippen LogP contribution in [0, 0.1) is 0 Å². The summed E-state index contributed by atoms with van der Waals surface area (Å²) in [6.45, 7) is 1.04. The van der Waals surface area contributed by atoms with Gasteiger partial charge in [0.25, 0.3) is 5.91 Å². The molecule has 1 heterocycles. The lowest BCUT2D eigenvalue weighted by Crippen LogP contribution is -2.54. The molecule has 1 aromatic rings. The SMILES string of the molecule is O=C(NC1(CO)CCOCC1)c1cccc(CCl)c1. The molecule has 1 fully saturated rings. The van der Waals surface area contributed by atoms with E-state index in [0.717, 1.165) is 5.56 Å². The van der Waals surface area contributed by atoms with Gasteiger partial charge in [0.05, 0.1) is 12.1 Å². The zero-order valence-corrected chi connectivity index (χ0v) is 11.4. The summed E-state index contributed by atoms with van der Waals surface area (Å²) >= 11 is 5.76. The minimum absolute atomic E-state index is 0.0721. The van der Waals surface area contributed by atoms with Crippen molar-refractivity contribution in [2.75, 3.05) is 19.8 Å². The quantitative estimate of drug-likeness (QED) is 0.827. The van der Waals surface area contributed by atoms with Crippen molar-refractivity contribution in [2.45, 2.75) is 24.3 Å². The highest BCUT2D eigenvalue weighted by Crippen LogP contribution is 2.21. The fourth-order valence-corrected chi connectivity index (χ4v) is 2.36. The molecule has 0 radical (unpaired) electrons. The minimum Gasteiger partial charge on any atom is -0.394 e. The summed E-state index contributed by atoms with van der Waals surface area (Å²) in [5.41, 5.74) is 0.906. The number of hydrogen-bond donors (Lipinski definition) is 2. The molecule has 0 spiro atoms. The molecule has 19 heavy (non-hydrogen) atoms. The number of carbonyl (C=O) groups excluding carboxylic acids is 1. The van der Waals surface area contributed by atoms with E-state index < -0.39 is 5.54 Å². The van der Waals surface area contributed by atoms with Crippen molar-refractivity contribution in [2.24, 2.45) is 0 Å². The molecule has 5 heteroatoms. The van der Waals surface area contributed by atoms with Crippen LogP contribution in [0.15, 0.2) is 24.3 Å². The summed E-state index contributed by atoms with van der Waals surface area (Å²) in [6.07, 6.45) is 1.26. The van der Waals surface area contributed by atoms with Gasteiger partial charge in [-0.15, -0.1) is 11.6 Å². The second-order valence-electron chi connectivity index (χ2n) is 4.84. The number of halogens is 1. The number of alkyl halides is 1. The van der Waals surface area contributed by atoms with Crippen LogP contribution >= 0.6 is 11.6 Å². The Balaban J connectivity index is 2.10. The van der Waals surface area contributed by atoms with Crippen molar-refractivity contribution in [3.8, 4) is 0 Å². The molecule has 0 unspecified atom stereocenters. The fraction of sp³-hybridized carbons (Fsp3) is 0.500. The Kier molecular flexibility index (Phi) is 4.80. The van der Waals surface area contributed by atoms with Crippen molar-refractivity contribution in [3.05, 3.63) is 35.4 Å². The Morgan fingerprint density at radius 3 is 2.79 bits per heavy atom. The Morgan fingerprint density at radius 1 is 1.42 bits per heavy atom. The highest BCUT2D eigenvalue weighted by atomic mass is 35.5. The Hall–Kier alpha value is -1.10. The molecule has 0 aromatic heterocycles. The van der Waals surface area contributed by atoms with Crippen LogP contribution in [-0.2, 0) is 10.6 Å². The summed E-state index contributed by atoms with van der Waals surface area (Å²) in [5.74, 6) is 0.197. The van der Waals surface area contributed by atoms with Crippen LogP contribution in [-0.4, -0.2) is 36.4 Å². The van der Waals surface area contributed by atoms with Gasteiger partial charge in [-0.25, -0.2) is 0 Å². The summed E-state index contributed by atoms with van der Waals surface area (Å²) in [7, 11) is 0. The van der Waals surface area contributed by atoms with E-state index in [2.05, 4.69) is 5.32 Å². The van der Waals surface area contributed by atoms with Crippen LogP contribution in [0.3, 0.4) is 0 Å². The third-order valence-electron chi connectivity index (χ3n) is 3.47. The van der Waals surface area contributed by atoms with E-state index in [9.17, 15) is 9.90 Å². The Labute approximate surface area is 117 Å². The molecule has 1 saturated heterocycles. The number of aliphatic hydroxyl groups is 1. The predicted octanol–water partition coefficient (Wildman–Crippen LogP) is 1.70. The van der Waals surface area contributed by atoms with Crippen LogP contribution in [0.2, 0.25) is 0 Å². The van der Waals surface area contributed by atoms with Crippen molar-refractivity contribution in [3.63, 3.8) is 0 Å². The average molecular weight is 284 g/mol. The van der Waals surface area contributed by atoms with Gasteiger partial charge in [-0.1, -0.05) is 12.1 Å². The molecule has 1 aliphatic heterocycles. The van der Waals surface area contributed by atoms with E-state index >= 15 is 0 Å². The van der Waals surface area contributed by atoms with Crippen molar-refractivity contribution >= 4 is 17.5 Å². The second-order valence-corrected chi connectivity index (χ2v) is 5.11. The summed E-state index contributed by atoms with van der Waals surface area (Å²) in [6, 6.07) is 7.20. The average Bonchev–Trinajstić information content (AvgIpc) is 2.48. The molecule has 0 atom stereocenters. The van der Waals surface area contributed by atoms with Crippen LogP contribution in [0.25, 0.3) is 0 Å². The van der Waals surface area contributed by atoms with E-state index in [0.29, 0.717) is 37.5 Å². The predicted molar refractivity (Wildman–Crippen MR) is 73.3 cm³/mol. The second kappa shape index (κ2) is 6.37. The molecule has 1 aromatic carbocycles. The molecule has 104 valence electrons. The monoisotopic (exact) mass is 283 g/mol. The maximum absolute atomic E-state index is 12.2. The van der Waals surface area contributed by atoms with Gasteiger partial charge in [0.15, 0.2) is 0 Å². The molecule has 0 saturated carbocycles. The van der Waals surface area contributed by atoms with Gasteiger partial charge in [-0.3, -0.25) is 4.79 Å². The number of aliphatic hydroxyl groups excluding tert-OH is 1. The normalized spacial score (nSPS) is 18.0. The fourth-order valence-electron chi connectivity index (χ4n) is 2.19. The number of rotatable bonds is 4. The smallest absolute Gasteiger partial charge is 0.251 e. The lowest BCUT2D eigenvalue weighted by molar-refractivity contribution is 0.0125. The van der Waals surface area contributed by atoms with Crippen LogP contribution in [0.4, 0.5) is 0 Å². The molecular weight excluding hydrogens is 266 g/mol. The third kappa shape index (κ3) is 3.47. The Bertz CT molecular complexity index is 444. The standard InChI is InChI=1S/C14H18ClNO3/c15-9-11-2-1-3-12(8-11)13(18)16-14(10-17)4-6-19-7-5-14/h1-3,8,17H,4-7,9-10H2,(H,16,18). The van der Waals surface area contributed by atoms with E-state index in [1.165, 1.54) is 0 Å². The van der Waals surface area contributed by atoms with Gasteiger partial charge in [0, 0.05) is 24.7 Å². The topological polar surface area (TPSA) is 58.6 Å². The minimum atomic E-state index is -0.563. The molecule has 2 rings (SSSR count). The van der Waals surface area contributed by atoms with E-state index in [1.807, 2.05) is 12.1 Å². The maximum Gasteiger partial charge on any atom is 0.251 e. The van der Waals surface area contributed by atoms with Crippen molar-refractivity contribution in [1.82, 2.24) is 5.32 Å². The maximum atomic E-state index is 12.2. The van der Waals surface area contributed by atoms with Gasteiger partial charge in [-0.2, -0.15) is 0 Å². The summed E-state index contributed by atoms with van der Waals surface area (Å²) < 4.78 is 5.27. The molecule has 2 N–H and O–H groups in total. The van der Waals surface area contributed by atoms with Gasteiger partial charge < -0.3 is 15.2 Å². The first-order valence-electron chi connectivity index (χ1n) is 6.35. The van der Waals surface area contributed by atoms with Crippen LogP contribution < -0.4 is 5.32 Å². The highest BCUT2D eigenvalue weighted by molar-refractivity contribution is 6.17. The zero-order valence-electron chi connectivity index (χ0n) is 10.7. The highest BCUT2D eigenvalue weighted by Gasteiger charge is 2.33. The van der Waals surface area contributed by atoms with Crippen LogP contribution in [0.1, 0.15) is 28.8 Å². The summed E-state index contributed by atoms with van der Waals surface area (Å²) in [4.78, 5) is 12.2. The van der Waals surface area contributed by atoms with E-state index in [-0.39, 0.29) is 12.5 Å². The van der Waals surface area contributed by atoms with Gasteiger partial charge >= 0.3 is 0 Å². The number of ether oxygens (including phenoxy) is 1. The number of amides is 1. The van der Waals surface area contributed by atoms with E-state index in [4.69, 9.17) is 16.3 Å². The van der Waals surface area contributed by atoms with E-state index in [1.54, 1.807) is 12.1 Å². The third-order valence-corrected chi connectivity index (χ3v) is 3.78. The van der Waals surface area contributed by atoms with Crippen molar-refractivity contribution in [1.29, 1.82) is 0 Å². The van der Waals surface area contributed by atoms with Gasteiger partial charge in [0.1, 0.15) is 0 Å². The lowest BCUT2D eigenvalue weighted by Gasteiger charge is -2.36. The lowest BCUT2D eigenvalue weighted by atomic mass is 9.90. The molecule has 4 nitrogen and oxygen atoms in total. The first-order chi connectivity index (χ1) is 9.19. The number of carbonyl (C=O) groups is 1. The largest absolute Gasteiger partial charge is 0.394 e. The zero-order chi connectivity index (χ0) is 13.7. The molecule has 0 aliphatic carbocycles. The first-order valence-corrected chi connectivity index (χ1v) is 6.89. The van der Waals surface area contributed by atoms with Crippen LogP contribution in [0.5, 0.6) is 0 Å². The molecule has 1 amide bonds. The molecule has 1 aliphatic rings. The number of hydrogen-bond acceptors (Lipinski definition) is 3. The molecular formula is C14H18ClNO3. The van der Waals surface area contributed by atoms with Gasteiger partial charge in [0.2, 0.25) is 0 Å². The first kappa shape index (κ1) is 14.3. The Morgan fingerprint density at radius 2 is 2.16 bits per heavy atom. The number of benzene rings is 1. The summed E-state index contributed by atoms with van der Waals surface area (Å²) in [5, 5.41) is 12.5. The molecule has 0 bridgehead atoms. The van der Waals surface area contributed by atoms with Gasteiger partial charge in [-0.05, 0) is 30.5 Å². The number of nitrogens with one attached hydrogen (secondary N) is 1.